The number of ether oxygens (including phenoxy) is 1. The van der Waals surface area contributed by atoms with Crippen LogP contribution in [0.5, 0.6) is 0 Å². The number of nitrogens with one attached hydrogen (secondary N) is 1. The summed E-state index contributed by atoms with van der Waals surface area (Å²) in [5.74, 6) is 1.42. The number of rotatable bonds is 7. The van der Waals surface area contributed by atoms with Crippen LogP contribution in [0.2, 0.25) is 0 Å². The number of pyridine rings is 1. The van der Waals surface area contributed by atoms with Gasteiger partial charge in [0.1, 0.15) is 5.82 Å². The molecular formula is C17H27N3O2. The molecule has 0 spiro atoms. The largest absolute Gasteiger partial charge is 0.382 e. The van der Waals surface area contributed by atoms with E-state index in [2.05, 4.69) is 22.1 Å². The Morgan fingerprint density at radius 2 is 2.41 bits per heavy atom. The highest BCUT2D eigenvalue weighted by atomic mass is 16.5. The normalized spacial score (nSPS) is 18.3. The Kier molecular flexibility index (Phi) is 6.65. The predicted octanol–water partition coefficient (Wildman–Crippen LogP) is 2.47. The zero-order valence-electron chi connectivity index (χ0n) is 13.7. The maximum Gasteiger partial charge on any atom is 0.255 e. The van der Waals surface area contributed by atoms with Crippen LogP contribution < -0.4 is 10.2 Å². The summed E-state index contributed by atoms with van der Waals surface area (Å²) < 4.78 is 5.28. The highest BCUT2D eigenvalue weighted by Crippen LogP contribution is 2.24. The second-order valence-corrected chi connectivity index (χ2v) is 5.87. The van der Waals surface area contributed by atoms with Gasteiger partial charge in [-0.1, -0.05) is 6.92 Å². The van der Waals surface area contributed by atoms with Gasteiger partial charge in [0.25, 0.3) is 5.91 Å². The molecule has 1 fully saturated rings. The molecule has 1 aliphatic rings. The van der Waals surface area contributed by atoms with E-state index in [0.717, 1.165) is 31.7 Å². The molecule has 1 saturated heterocycles. The molecule has 5 nitrogen and oxygen atoms in total. The minimum Gasteiger partial charge on any atom is -0.382 e. The monoisotopic (exact) mass is 305 g/mol. The fourth-order valence-electron chi connectivity index (χ4n) is 2.82. The molecule has 1 aromatic rings. The molecule has 5 heteroatoms. The van der Waals surface area contributed by atoms with E-state index in [1.807, 2.05) is 19.1 Å². The van der Waals surface area contributed by atoms with Crippen molar-refractivity contribution in [3.63, 3.8) is 0 Å². The third-order valence-corrected chi connectivity index (χ3v) is 3.94. The third kappa shape index (κ3) is 4.70. The van der Waals surface area contributed by atoms with E-state index in [1.54, 1.807) is 6.20 Å². The molecule has 1 atom stereocenters. The van der Waals surface area contributed by atoms with E-state index in [1.165, 1.54) is 6.42 Å². The number of amides is 1. The van der Waals surface area contributed by atoms with Gasteiger partial charge in [-0.15, -0.1) is 0 Å². The van der Waals surface area contributed by atoms with Crippen molar-refractivity contribution < 1.29 is 9.53 Å². The number of nitrogens with zero attached hydrogens (tertiary/aromatic N) is 2. The van der Waals surface area contributed by atoms with Crippen molar-refractivity contribution in [1.82, 2.24) is 10.3 Å². The Balaban J connectivity index is 1.96. The van der Waals surface area contributed by atoms with Gasteiger partial charge in [-0.25, -0.2) is 4.98 Å². The minimum absolute atomic E-state index is 0.0437. The van der Waals surface area contributed by atoms with Crippen LogP contribution in [0.3, 0.4) is 0 Å². The van der Waals surface area contributed by atoms with Crippen molar-refractivity contribution >= 4 is 11.7 Å². The first-order valence-electron chi connectivity index (χ1n) is 8.28. The van der Waals surface area contributed by atoms with E-state index in [-0.39, 0.29) is 5.91 Å². The molecule has 1 amide bonds. The van der Waals surface area contributed by atoms with Crippen LogP contribution in [0.1, 0.15) is 43.5 Å². The summed E-state index contributed by atoms with van der Waals surface area (Å²) in [7, 11) is 0. The van der Waals surface area contributed by atoms with Crippen molar-refractivity contribution in [1.29, 1.82) is 0 Å². The average Bonchev–Trinajstić information content (AvgIpc) is 2.54. The summed E-state index contributed by atoms with van der Waals surface area (Å²) in [6.45, 7) is 8.20. The van der Waals surface area contributed by atoms with Gasteiger partial charge in [0, 0.05) is 39.0 Å². The molecule has 2 heterocycles. The fraction of sp³-hybridized carbons (Fsp3) is 0.647. The molecule has 0 radical (unpaired) electrons. The lowest BCUT2D eigenvalue weighted by Crippen LogP contribution is -2.37. The van der Waals surface area contributed by atoms with E-state index in [4.69, 9.17) is 4.74 Å². The molecule has 1 aromatic heterocycles. The minimum atomic E-state index is -0.0437. The van der Waals surface area contributed by atoms with Crippen molar-refractivity contribution in [2.45, 2.75) is 33.1 Å². The van der Waals surface area contributed by atoms with Crippen molar-refractivity contribution in [3.05, 3.63) is 23.9 Å². The molecule has 2 rings (SSSR count). The lowest BCUT2D eigenvalue weighted by molar-refractivity contribution is 0.0944. The molecule has 1 N–H and O–H groups in total. The molecule has 0 aromatic carbocycles. The molecule has 1 unspecified atom stereocenters. The van der Waals surface area contributed by atoms with Gasteiger partial charge in [-0.2, -0.15) is 0 Å². The first-order chi connectivity index (χ1) is 10.7. The highest BCUT2D eigenvalue weighted by molar-refractivity contribution is 5.98. The Morgan fingerprint density at radius 3 is 3.18 bits per heavy atom. The van der Waals surface area contributed by atoms with E-state index < -0.39 is 0 Å². The van der Waals surface area contributed by atoms with Gasteiger partial charge in [0.05, 0.1) is 5.56 Å². The Morgan fingerprint density at radius 1 is 1.55 bits per heavy atom. The summed E-state index contributed by atoms with van der Waals surface area (Å²) >= 11 is 0. The molecule has 0 saturated carbocycles. The summed E-state index contributed by atoms with van der Waals surface area (Å²) in [4.78, 5) is 19.1. The van der Waals surface area contributed by atoms with Crippen LogP contribution in [-0.2, 0) is 4.74 Å². The number of hydrogen-bond donors (Lipinski definition) is 1. The summed E-state index contributed by atoms with van der Waals surface area (Å²) in [5, 5.41) is 2.96. The van der Waals surface area contributed by atoms with Crippen LogP contribution in [0, 0.1) is 5.92 Å². The third-order valence-electron chi connectivity index (χ3n) is 3.94. The predicted molar refractivity (Wildman–Crippen MR) is 88.3 cm³/mol. The Bertz CT molecular complexity index is 479. The maximum absolute atomic E-state index is 12.4. The molecule has 122 valence electrons. The van der Waals surface area contributed by atoms with Gasteiger partial charge < -0.3 is 15.0 Å². The van der Waals surface area contributed by atoms with Crippen LogP contribution >= 0.6 is 0 Å². The number of piperidine rings is 1. The van der Waals surface area contributed by atoms with Crippen LogP contribution in [0.25, 0.3) is 0 Å². The first kappa shape index (κ1) is 16.7. The zero-order chi connectivity index (χ0) is 15.8. The Hall–Kier alpha value is -1.62. The zero-order valence-corrected chi connectivity index (χ0v) is 13.7. The smallest absolute Gasteiger partial charge is 0.255 e. The second kappa shape index (κ2) is 8.73. The molecule has 0 aliphatic carbocycles. The van der Waals surface area contributed by atoms with Crippen LogP contribution in [0.15, 0.2) is 18.3 Å². The lowest BCUT2D eigenvalue weighted by Gasteiger charge is -2.32. The fourth-order valence-corrected chi connectivity index (χ4v) is 2.82. The number of anilines is 1. The van der Waals surface area contributed by atoms with Gasteiger partial charge >= 0.3 is 0 Å². The maximum atomic E-state index is 12.4. The van der Waals surface area contributed by atoms with Crippen LogP contribution in [-0.4, -0.2) is 43.7 Å². The summed E-state index contributed by atoms with van der Waals surface area (Å²) in [5.41, 5.74) is 0.674. The molecule has 1 aliphatic heterocycles. The number of aromatic nitrogens is 1. The molecular weight excluding hydrogens is 278 g/mol. The van der Waals surface area contributed by atoms with E-state index >= 15 is 0 Å². The van der Waals surface area contributed by atoms with Crippen molar-refractivity contribution in [3.8, 4) is 0 Å². The van der Waals surface area contributed by atoms with Gasteiger partial charge in [-0.05, 0) is 44.2 Å². The lowest BCUT2D eigenvalue weighted by atomic mass is 10.00. The standard InChI is InChI=1S/C17H27N3O2/c1-3-22-12-6-10-19-17(21)15-8-4-9-18-16(15)20-11-5-7-14(2)13-20/h4,8-9,14H,3,5-7,10-13H2,1-2H3,(H,19,21). The Labute approximate surface area is 133 Å². The van der Waals surface area contributed by atoms with Gasteiger partial charge in [0.15, 0.2) is 0 Å². The number of carbonyl (C=O) groups is 1. The summed E-state index contributed by atoms with van der Waals surface area (Å²) in [6.07, 6.45) is 5.01. The van der Waals surface area contributed by atoms with Crippen molar-refractivity contribution in [2.24, 2.45) is 5.92 Å². The average molecular weight is 305 g/mol. The number of carbonyl (C=O) groups excluding carboxylic acids is 1. The summed E-state index contributed by atoms with van der Waals surface area (Å²) in [6, 6.07) is 3.69. The topological polar surface area (TPSA) is 54.5 Å². The van der Waals surface area contributed by atoms with Crippen LogP contribution in [0.4, 0.5) is 5.82 Å². The van der Waals surface area contributed by atoms with E-state index in [0.29, 0.717) is 31.2 Å². The quantitative estimate of drug-likeness (QED) is 0.786. The molecule has 0 bridgehead atoms. The van der Waals surface area contributed by atoms with E-state index in [9.17, 15) is 4.79 Å². The molecule has 22 heavy (non-hydrogen) atoms. The second-order valence-electron chi connectivity index (χ2n) is 5.87. The van der Waals surface area contributed by atoms with Crippen molar-refractivity contribution in [2.75, 3.05) is 37.7 Å². The highest BCUT2D eigenvalue weighted by Gasteiger charge is 2.22. The van der Waals surface area contributed by atoms with Gasteiger partial charge in [-0.3, -0.25) is 4.79 Å². The first-order valence-corrected chi connectivity index (χ1v) is 8.28. The van der Waals surface area contributed by atoms with Gasteiger partial charge in [0.2, 0.25) is 0 Å². The SMILES string of the molecule is CCOCCCNC(=O)c1cccnc1N1CCCC(C)C1. The number of hydrogen-bond acceptors (Lipinski definition) is 4.